The molecule has 0 unspecified atom stereocenters. The van der Waals surface area contributed by atoms with Crippen molar-refractivity contribution in [2.24, 2.45) is 0 Å². The van der Waals surface area contributed by atoms with Crippen LogP contribution in [0.2, 0.25) is 0 Å². The van der Waals surface area contributed by atoms with Gasteiger partial charge in [-0.15, -0.1) is 0 Å². The molecule has 2 aromatic carbocycles. The summed E-state index contributed by atoms with van der Waals surface area (Å²) in [6, 6.07) is 14.8. The van der Waals surface area contributed by atoms with Crippen molar-refractivity contribution in [3.8, 4) is 5.75 Å². The number of aromatic nitrogens is 1. The lowest BCUT2D eigenvalue weighted by molar-refractivity contribution is -0.116. The molecule has 0 radical (unpaired) electrons. The average Bonchev–Trinajstić information content (AvgIpc) is 2.96. The quantitative estimate of drug-likeness (QED) is 0.780. The van der Waals surface area contributed by atoms with E-state index in [4.69, 9.17) is 9.15 Å². The largest absolute Gasteiger partial charge is 0.493 e. The van der Waals surface area contributed by atoms with Gasteiger partial charge in [-0.3, -0.25) is 4.79 Å². The Morgan fingerprint density at radius 2 is 2.05 bits per heavy atom. The maximum atomic E-state index is 11.8. The number of anilines is 1. The first-order valence-corrected chi connectivity index (χ1v) is 6.62. The van der Waals surface area contributed by atoms with Crippen LogP contribution in [0.15, 0.2) is 59.3 Å². The minimum atomic E-state index is -0.107. The van der Waals surface area contributed by atoms with Crippen molar-refractivity contribution in [3.05, 3.63) is 54.9 Å². The minimum Gasteiger partial charge on any atom is -0.493 e. The first-order chi connectivity index (χ1) is 10.3. The summed E-state index contributed by atoms with van der Waals surface area (Å²) in [5.74, 6) is 0.651. The van der Waals surface area contributed by atoms with Crippen LogP contribution in [0.4, 0.5) is 5.69 Å². The summed E-state index contributed by atoms with van der Waals surface area (Å²) in [5, 5.41) is 2.80. The Balaban J connectivity index is 1.51. The Morgan fingerprint density at radius 3 is 2.90 bits per heavy atom. The molecule has 1 N–H and O–H groups in total. The van der Waals surface area contributed by atoms with Crippen molar-refractivity contribution >= 4 is 22.7 Å². The molecule has 1 amide bonds. The molecule has 3 rings (SSSR count). The maximum Gasteiger partial charge on any atom is 0.227 e. The normalized spacial score (nSPS) is 10.5. The van der Waals surface area contributed by atoms with Gasteiger partial charge in [-0.2, -0.15) is 0 Å². The molecule has 0 atom stereocenters. The van der Waals surface area contributed by atoms with Gasteiger partial charge in [0.25, 0.3) is 0 Å². The summed E-state index contributed by atoms with van der Waals surface area (Å²) in [7, 11) is 0. The molecule has 3 aromatic rings. The summed E-state index contributed by atoms with van der Waals surface area (Å²) in [5.41, 5.74) is 2.10. The Morgan fingerprint density at radius 1 is 1.19 bits per heavy atom. The van der Waals surface area contributed by atoms with Crippen molar-refractivity contribution in [2.45, 2.75) is 6.42 Å². The number of amides is 1. The van der Waals surface area contributed by atoms with Gasteiger partial charge in [0.2, 0.25) is 5.91 Å². The second-order valence-corrected chi connectivity index (χ2v) is 4.49. The summed E-state index contributed by atoms with van der Waals surface area (Å²) in [4.78, 5) is 15.9. The molecule has 0 spiro atoms. The molecule has 106 valence electrons. The van der Waals surface area contributed by atoms with Crippen LogP contribution in [0.3, 0.4) is 0 Å². The van der Waals surface area contributed by atoms with Crippen LogP contribution in [0.5, 0.6) is 5.75 Å². The number of benzene rings is 2. The van der Waals surface area contributed by atoms with Crippen LogP contribution in [0.1, 0.15) is 6.42 Å². The first-order valence-electron chi connectivity index (χ1n) is 6.62. The van der Waals surface area contributed by atoms with Gasteiger partial charge in [-0.25, -0.2) is 4.98 Å². The summed E-state index contributed by atoms with van der Waals surface area (Å²) in [6.07, 6.45) is 1.66. The van der Waals surface area contributed by atoms with E-state index < -0.39 is 0 Å². The van der Waals surface area contributed by atoms with Gasteiger partial charge in [-0.1, -0.05) is 18.2 Å². The lowest BCUT2D eigenvalue weighted by Crippen LogP contribution is -2.15. The predicted molar refractivity (Wildman–Crippen MR) is 79.2 cm³/mol. The number of rotatable bonds is 5. The number of fused-ring (bicyclic) bond motifs is 1. The zero-order valence-electron chi connectivity index (χ0n) is 11.3. The van der Waals surface area contributed by atoms with E-state index in [-0.39, 0.29) is 12.3 Å². The fourth-order valence-corrected chi connectivity index (χ4v) is 1.93. The minimum absolute atomic E-state index is 0.107. The first kappa shape index (κ1) is 13.2. The van der Waals surface area contributed by atoms with E-state index in [0.717, 1.165) is 11.3 Å². The van der Waals surface area contributed by atoms with Gasteiger partial charge in [0.1, 0.15) is 11.3 Å². The topological polar surface area (TPSA) is 64.4 Å². The SMILES string of the molecule is O=C(CCOc1ccccc1)Nc1ccc2ncoc2c1. The van der Waals surface area contributed by atoms with Crippen LogP contribution in [-0.4, -0.2) is 17.5 Å². The highest BCUT2D eigenvalue weighted by Gasteiger charge is 2.05. The second kappa shape index (κ2) is 6.09. The molecule has 5 heteroatoms. The molecule has 1 aromatic heterocycles. The molecular formula is C16H14N2O3. The zero-order chi connectivity index (χ0) is 14.5. The lowest BCUT2D eigenvalue weighted by atomic mass is 10.3. The van der Waals surface area contributed by atoms with Gasteiger partial charge in [0, 0.05) is 11.8 Å². The lowest BCUT2D eigenvalue weighted by Gasteiger charge is -2.07. The Hall–Kier alpha value is -2.82. The molecule has 0 aliphatic carbocycles. The van der Waals surface area contributed by atoms with Crippen LogP contribution in [0, 0.1) is 0 Å². The number of nitrogens with zero attached hydrogens (tertiary/aromatic N) is 1. The third-order valence-corrected chi connectivity index (χ3v) is 2.96. The highest BCUT2D eigenvalue weighted by molar-refractivity contribution is 5.92. The van der Waals surface area contributed by atoms with E-state index in [0.29, 0.717) is 17.9 Å². The number of hydrogen-bond donors (Lipinski definition) is 1. The monoisotopic (exact) mass is 282 g/mol. The molecule has 21 heavy (non-hydrogen) atoms. The molecule has 1 heterocycles. The van der Waals surface area contributed by atoms with E-state index in [1.165, 1.54) is 6.39 Å². The van der Waals surface area contributed by atoms with Crippen molar-refractivity contribution < 1.29 is 13.9 Å². The van der Waals surface area contributed by atoms with E-state index in [1.807, 2.05) is 30.3 Å². The van der Waals surface area contributed by atoms with Gasteiger partial charge in [0.15, 0.2) is 12.0 Å². The van der Waals surface area contributed by atoms with Crippen molar-refractivity contribution in [1.82, 2.24) is 4.98 Å². The molecule has 0 bridgehead atoms. The second-order valence-electron chi connectivity index (χ2n) is 4.49. The van der Waals surface area contributed by atoms with E-state index in [1.54, 1.807) is 18.2 Å². The predicted octanol–water partition coefficient (Wildman–Crippen LogP) is 3.24. The highest BCUT2D eigenvalue weighted by Crippen LogP contribution is 2.18. The van der Waals surface area contributed by atoms with Crippen LogP contribution >= 0.6 is 0 Å². The molecule has 0 aliphatic heterocycles. The smallest absolute Gasteiger partial charge is 0.227 e. The molecule has 0 aliphatic rings. The number of carbonyl (C=O) groups excluding carboxylic acids is 1. The van der Waals surface area contributed by atoms with Crippen molar-refractivity contribution in [3.63, 3.8) is 0 Å². The standard InChI is InChI=1S/C16H14N2O3/c19-16(8-9-20-13-4-2-1-3-5-13)18-12-6-7-14-15(10-12)21-11-17-14/h1-7,10-11H,8-9H2,(H,18,19). The maximum absolute atomic E-state index is 11.8. The third-order valence-electron chi connectivity index (χ3n) is 2.96. The Kier molecular flexibility index (Phi) is 3.82. The summed E-state index contributed by atoms with van der Waals surface area (Å²) in [6.45, 7) is 0.334. The number of oxazole rings is 1. The third kappa shape index (κ3) is 3.39. The Bertz CT molecular complexity index is 737. The Labute approximate surface area is 121 Å². The number of hydrogen-bond acceptors (Lipinski definition) is 4. The van der Waals surface area contributed by atoms with Crippen LogP contribution in [-0.2, 0) is 4.79 Å². The number of para-hydroxylation sites is 1. The van der Waals surface area contributed by atoms with E-state index >= 15 is 0 Å². The number of ether oxygens (including phenoxy) is 1. The fourth-order valence-electron chi connectivity index (χ4n) is 1.93. The van der Waals surface area contributed by atoms with Gasteiger partial charge in [-0.05, 0) is 24.3 Å². The summed E-state index contributed by atoms with van der Waals surface area (Å²) < 4.78 is 10.7. The molecule has 0 saturated carbocycles. The number of nitrogens with one attached hydrogen (secondary N) is 1. The van der Waals surface area contributed by atoms with Gasteiger partial charge >= 0.3 is 0 Å². The number of carbonyl (C=O) groups is 1. The van der Waals surface area contributed by atoms with Gasteiger partial charge in [0.05, 0.1) is 13.0 Å². The molecule has 5 nitrogen and oxygen atoms in total. The van der Waals surface area contributed by atoms with Crippen LogP contribution in [0.25, 0.3) is 11.1 Å². The van der Waals surface area contributed by atoms with E-state index in [2.05, 4.69) is 10.3 Å². The fraction of sp³-hybridized carbons (Fsp3) is 0.125. The summed E-state index contributed by atoms with van der Waals surface area (Å²) >= 11 is 0. The molecule has 0 fully saturated rings. The highest BCUT2D eigenvalue weighted by atomic mass is 16.5. The zero-order valence-corrected chi connectivity index (χ0v) is 11.3. The molecular weight excluding hydrogens is 268 g/mol. The van der Waals surface area contributed by atoms with Gasteiger partial charge < -0.3 is 14.5 Å². The van der Waals surface area contributed by atoms with Crippen molar-refractivity contribution in [2.75, 3.05) is 11.9 Å². The van der Waals surface area contributed by atoms with Crippen molar-refractivity contribution in [1.29, 1.82) is 0 Å². The van der Waals surface area contributed by atoms with E-state index in [9.17, 15) is 4.79 Å². The average molecular weight is 282 g/mol. The van der Waals surface area contributed by atoms with Crippen LogP contribution < -0.4 is 10.1 Å². The molecule has 0 saturated heterocycles.